The summed E-state index contributed by atoms with van der Waals surface area (Å²) in [7, 11) is 1.36. The van der Waals surface area contributed by atoms with Crippen LogP contribution in [-0.4, -0.2) is 23.0 Å². The van der Waals surface area contributed by atoms with Crippen molar-refractivity contribution in [3.05, 3.63) is 64.2 Å². The predicted octanol–water partition coefficient (Wildman–Crippen LogP) is 3.52. The number of ether oxygens (including phenoxy) is 1. The molecule has 3 aromatic rings. The minimum atomic E-state index is -0.374. The largest absolute Gasteiger partial charge is 0.464 e. The Balaban J connectivity index is 1.78. The van der Waals surface area contributed by atoms with Crippen LogP contribution in [0.25, 0.3) is 11.3 Å². The number of carbonyl (C=O) groups is 1. The summed E-state index contributed by atoms with van der Waals surface area (Å²) >= 11 is 1.62. The third-order valence-electron chi connectivity index (χ3n) is 3.13. The van der Waals surface area contributed by atoms with Crippen molar-refractivity contribution in [2.75, 3.05) is 7.11 Å². The van der Waals surface area contributed by atoms with E-state index in [9.17, 15) is 4.79 Å². The molecule has 21 heavy (non-hydrogen) atoms. The lowest BCUT2D eigenvalue weighted by Gasteiger charge is -1.96. The Morgan fingerprint density at radius 1 is 1.33 bits per heavy atom. The number of aromatic nitrogens is 2. The summed E-state index contributed by atoms with van der Waals surface area (Å²) in [6.07, 6.45) is 2.59. The third kappa shape index (κ3) is 3.03. The third-order valence-corrected chi connectivity index (χ3v) is 3.98. The molecule has 4 nitrogen and oxygen atoms in total. The van der Waals surface area contributed by atoms with E-state index in [1.54, 1.807) is 23.6 Å². The normalized spacial score (nSPS) is 10.5. The fourth-order valence-electron chi connectivity index (χ4n) is 2.07. The summed E-state index contributed by atoms with van der Waals surface area (Å²) in [5.74, 6) is -0.374. The van der Waals surface area contributed by atoms with E-state index in [1.165, 1.54) is 12.7 Å². The molecule has 0 saturated carbocycles. The molecule has 2 heterocycles. The molecule has 1 aromatic carbocycles. The number of H-pyrrole nitrogens is 1. The first-order valence-corrected chi connectivity index (χ1v) is 7.39. The maximum Gasteiger partial charge on any atom is 0.354 e. The lowest BCUT2D eigenvalue weighted by molar-refractivity contribution is 0.0595. The van der Waals surface area contributed by atoms with Crippen molar-refractivity contribution in [1.29, 1.82) is 0 Å². The van der Waals surface area contributed by atoms with Crippen molar-refractivity contribution in [2.45, 2.75) is 6.42 Å². The number of thiazole rings is 1. The second kappa shape index (κ2) is 5.93. The molecule has 5 heteroatoms. The summed E-state index contributed by atoms with van der Waals surface area (Å²) in [5, 5.41) is 3.06. The van der Waals surface area contributed by atoms with Gasteiger partial charge in [0.05, 0.1) is 17.8 Å². The van der Waals surface area contributed by atoms with Crippen LogP contribution in [0.5, 0.6) is 0 Å². The molecule has 0 radical (unpaired) electrons. The summed E-state index contributed by atoms with van der Waals surface area (Å²) in [6, 6.07) is 12.0. The molecular formula is C16H14N2O2S. The molecule has 0 unspecified atom stereocenters. The highest BCUT2D eigenvalue weighted by atomic mass is 32.1. The number of esters is 1. The second-order valence-corrected chi connectivity index (χ2v) is 5.53. The minimum absolute atomic E-state index is 0.374. The maximum absolute atomic E-state index is 11.4. The van der Waals surface area contributed by atoms with E-state index >= 15 is 0 Å². The number of benzene rings is 1. The van der Waals surface area contributed by atoms with Crippen molar-refractivity contribution in [1.82, 2.24) is 9.97 Å². The topological polar surface area (TPSA) is 55.0 Å². The van der Waals surface area contributed by atoms with Gasteiger partial charge in [-0.25, -0.2) is 9.78 Å². The van der Waals surface area contributed by atoms with Crippen molar-refractivity contribution < 1.29 is 9.53 Å². The van der Waals surface area contributed by atoms with Crippen molar-refractivity contribution in [3.8, 4) is 11.3 Å². The smallest absolute Gasteiger partial charge is 0.354 e. The van der Waals surface area contributed by atoms with Crippen LogP contribution in [0.3, 0.4) is 0 Å². The van der Waals surface area contributed by atoms with Crippen LogP contribution in [0, 0.1) is 0 Å². The SMILES string of the molecule is COC(=O)c1cc(-c2csc(Cc3ccccc3)n2)c[nH]1. The molecule has 106 valence electrons. The Labute approximate surface area is 126 Å². The Bertz CT molecular complexity index is 746. The molecule has 0 fully saturated rings. The van der Waals surface area contributed by atoms with Crippen LogP contribution in [0.15, 0.2) is 48.0 Å². The zero-order valence-corrected chi connectivity index (χ0v) is 12.3. The quantitative estimate of drug-likeness (QED) is 0.750. The van der Waals surface area contributed by atoms with Crippen LogP contribution in [-0.2, 0) is 11.2 Å². The van der Waals surface area contributed by atoms with Gasteiger partial charge in [-0.2, -0.15) is 0 Å². The van der Waals surface area contributed by atoms with Crippen LogP contribution >= 0.6 is 11.3 Å². The summed E-state index contributed by atoms with van der Waals surface area (Å²) < 4.78 is 4.68. The number of methoxy groups -OCH3 is 1. The van der Waals surface area contributed by atoms with Gasteiger partial charge in [-0.05, 0) is 11.6 Å². The maximum atomic E-state index is 11.4. The summed E-state index contributed by atoms with van der Waals surface area (Å²) in [4.78, 5) is 19.0. The number of nitrogens with zero attached hydrogens (tertiary/aromatic N) is 1. The van der Waals surface area contributed by atoms with E-state index in [1.807, 2.05) is 23.6 Å². The fraction of sp³-hybridized carbons (Fsp3) is 0.125. The molecule has 0 aliphatic heterocycles. The van der Waals surface area contributed by atoms with Gasteiger partial charge in [0, 0.05) is 23.6 Å². The first-order valence-electron chi connectivity index (χ1n) is 6.51. The van der Waals surface area contributed by atoms with Gasteiger partial charge in [0.2, 0.25) is 0 Å². The van der Waals surface area contributed by atoms with Crippen molar-refractivity contribution in [3.63, 3.8) is 0 Å². The molecule has 0 saturated heterocycles. The Kier molecular flexibility index (Phi) is 3.83. The number of aromatic amines is 1. The Morgan fingerprint density at radius 3 is 2.90 bits per heavy atom. The average Bonchev–Trinajstić information content (AvgIpc) is 3.16. The summed E-state index contributed by atoms with van der Waals surface area (Å²) in [5.41, 5.74) is 3.44. The molecule has 0 amide bonds. The molecule has 2 aromatic heterocycles. The van der Waals surface area contributed by atoms with E-state index in [-0.39, 0.29) is 5.97 Å². The monoisotopic (exact) mass is 298 g/mol. The zero-order chi connectivity index (χ0) is 14.7. The van der Waals surface area contributed by atoms with E-state index in [0.717, 1.165) is 22.7 Å². The van der Waals surface area contributed by atoms with Crippen LogP contribution in [0.2, 0.25) is 0 Å². The van der Waals surface area contributed by atoms with E-state index in [0.29, 0.717) is 5.69 Å². The number of carbonyl (C=O) groups excluding carboxylic acids is 1. The van der Waals surface area contributed by atoms with Crippen LogP contribution < -0.4 is 0 Å². The molecule has 0 atom stereocenters. The van der Waals surface area contributed by atoms with Gasteiger partial charge in [-0.1, -0.05) is 30.3 Å². The highest BCUT2D eigenvalue weighted by Gasteiger charge is 2.11. The van der Waals surface area contributed by atoms with Gasteiger partial charge < -0.3 is 9.72 Å². The minimum Gasteiger partial charge on any atom is -0.464 e. The van der Waals surface area contributed by atoms with E-state index in [4.69, 9.17) is 0 Å². The van der Waals surface area contributed by atoms with Crippen molar-refractivity contribution >= 4 is 17.3 Å². The number of rotatable bonds is 4. The lowest BCUT2D eigenvalue weighted by atomic mass is 10.2. The number of nitrogens with one attached hydrogen (secondary N) is 1. The fourth-order valence-corrected chi connectivity index (χ4v) is 2.90. The van der Waals surface area contributed by atoms with E-state index < -0.39 is 0 Å². The first-order chi connectivity index (χ1) is 10.3. The standard InChI is InChI=1S/C16H14N2O2S/c1-20-16(19)13-8-12(9-17-13)14-10-21-15(18-14)7-11-5-3-2-4-6-11/h2-6,8-10,17H,7H2,1H3. The van der Waals surface area contributed by atoms with E-state index in [2.05, 4.69) is 26.8 Å². The van der Waals surface area contributed by atoms with Gasteiger partial charge in [-0.3, -0.25) is 0 Å². The van der Waals surface area contributed by atoms with Gasteiger partial charge in [0.15, 0.2) is 0 Å². The van der Waals surface area contributed by atoms with Crippen LogP contribution in [0.4, 0.5) is 0 Å². The molecule has 0 aliphatic rings. The van der Waals surface area contributed by atoms with Crippen LogP contribution in [0.1, 0.15) is 21.1 Å². The van der Waals surface area contributed by atoms with Gasteiger partial charge >= 0.3 is 5.97 Å². The predicted molar refractivity (Wildman–Crippen MR) is 82.5 cm³/mol. The zero-order valence-electron chi connectivity index (χ0n) is 11.5. The number of hydrogen-bond acceptors (Lipinski definition) is 4. The Hall–Kier alpha value is -2.40. The molecular weight excluding hydrogens is 284 g/mol. The molecule has 1 N–H and O–H groups in total. The average molecular weight is 298 g/mol. The first kappa shape index (κ1) is 13.6. The lowest BCUT2D eigenvalue weighted by Crippen LogP contribution is -2.00. The Morgan fingerprint density at radius 2 is 2.14 bits per heavy atom. The molecule has 0 bridgehead atoms. The van der Waals surface area contributed by atoms with Gasteiger partial charge in [-0.15, -0.1) is 11.3 Å². The highest BCUT2D eigenvalue weighted by molar-refractivity contribution is 7.10. The van der Waals surface area contributed by atoms with Crippen molar-refractivity contribution in [2.24, 2.45) is 0 Å². The highest BCUT2D eigenvalue weighted by Crippen LogP contribution is 2.24. The molecule has 0 spiro atoms. The number of hydrogen-bond donors (Lipinski definition) is 1. The van der Waals surface area contributed by atoms with Gasteiger partial charge in [0.1, 0.15) is 5.69 Å². The molecule has 0 aliphatic carbocycles. The van der Waals surface area contributed by atoms with Gasteiger partial charge in [0.25, 0.3) is 0 Å². The second-order valence-electron chi connectivity index (χ2n) is 4.58. The summed E-state index contributed by atoms with van der Waals surface area (Å²) in [6.45, 7) is 0. The molecule has 3 rings (SSSR count).